The van der Waals surface area contributed by atoms with E-state index in [9.17, 15) is 13.2 Å². The molecule has 1 atom stereocenters. The zero-order valence-electron chi connectivity index (χ0n) is 12.6. The largest absolute Gasteiger partial charge is 0.340 e. The van der Waals surface area contributed by atoms with Crippen molar-refractivity contribution >= 4 is 5.65 Å². The van der Waals surface area contributed by atoms with Crippen molar-refractivity contribution in [2.24, 2.45) is 0 Å². The van der Waals surface area contributed by atoms with Crippen LogP contribution in [0.15, 0.2) is 24.5 Å². The van der Waals surface area contributed by atoms with Gasteiger partial charge < -0.3 is 0 Å². The van der Waals surface area contributed by atoms with E-state index in [4.69, 9.17) is 0 Å². The normalized spacial score (nSPS) is 21.1. The van der Waals surface area contributed by atoms with Gasteiger partial charge in [0.1, 0.15) is 0 Å². The summed E-state index contributed by atoms with van der Waals surface area (Å²) in [5.74, 6) is -0.620. The molecule has 3 aromatic rings. The average molecular weight is 321 g/mol. The molecule has 120 valence electrons. The molecule has 0 saturated carbocycles. The first-order chi connectivity index (χ1) is 10.8. The molecule has 0 bridgehead atoms. The third-order valence-electron chi connectivity index (χ3n) is 4.50. The topological polar surface area (TPSA) is 48.0 Å². The van der Waals surface area contributed by atoms with E-state index in [-0.39, 0.29) is 0 Å². The zero-order valence-corrected chi connectivity index (χ0v) is 12.6. The number of alkyl halides is 2. The maximum atomic E-state index is 13.5. The second-order valence-corrected chi connectivity index (χ2v) is 6.19. The van der Waals surface area contributed by atoms with Gasteiger partial charge in [-0.3, -0.25) is 0 Å². The predicted octanol–water partition coefficient (Wildman–Crippen LogP) is 2.89. The van der Waals surface area contributed by atoms with Crippen molar-refractivity contribution in [1.82, 2.24) is 24.4 Å². The van der Waals surface area contributed by atoms with E-state index in [0.29, 0.717) is 28.9 Å². The van der Waals surface area contributed by atoms with Gasteiger partial charge in [0.25, 0.3) is 0 Å². The fourth-order valence-corrected chi connectivity index (χ4v) is 3.30. The Morgan fingerprint density at radius 2 is 2.09 bits per heavy atom. The van der Waals surface area contributed by atoms with Crippen molar-refractivity contribution in [1.29, 1.82) is 0 Å². The number of aromatic nitrogens is 5. The number of rotatable bonds is 2. The standard InChI is InChI=1S/C15H14F3N5/c1-14(10-4-6-22(20-10)15(2,17)18)5-3-9-8-19-12-7-11(16)21-23(12)13(9)14/h4,6-8H,3,5H2,1-2H3. The Labute approximate surface area is 129 Å². The summed E-state index contributed by atoms with van der Waals surface area (Å²) < 4.78 is 42.5. The highest BCUT2D eigenvalue weighted by molar-refractivity contribution is 5.47. The van der Waals surface area contributed by atoms with E-state index < -0.39 is 17.4 Å². The molecule has 23 heavy (non-hydrogen) atoms. The van der Waals surface area contributed by atoms with Crippen LogP contribution in [0.1, 0.15) is 37.2 Å². The number of hydrogen-bond donors (Lipinski definition) is 0. The lowest BCUT2D eigenvalue weighted by molar-refractivity contribution is -0.0727. The minimum absolute atomic E-state index is 0.398. The molecule has 0 fully saturated rings. The molecule has 4 rings (SSSR count). The lowest BCUT2D eigenvalue weighted by Gasteiger charge is -2.23. The molecule has 0 aromatic carbocycles. The molecule has 1 unspecified atom stereocenters. The minimum atomic E-state index is -3.07. The van der Waals surface area contributed by atoms with Crippen molar-refractivity contribution in [3.63, 3.8) is 0 Å². The summed E-state index contributed by atoms with van der Waals surface area (Å²) in [5.41, 5.74) is 1.98. The van der Waals surface area contributed by atoms with Crippen molar-refractivity contribution in [2.45, 2.75) is 38.2 Å². The van der Waals surface area contributed by atoms with Crippen LogP contribution < -0.4 is 0 Å². The number of aryl methyl sites for hydroxylation is 1. The highest BCUT2D eigenvalue weighted by Crippen LogP contribution is 2.43. The summed E-state index contributed by atoms with van der Waals surface area (Å²) in [5, 5.41) is 7.93. The molecule has 5 nitrogen and oxygen atoms in total. The van der Waals surface area contributed by atoms with Crippen LogP contribution in [0.5, 0.6) is 0 Å². The summed E-state index contributed by atoms with van der Waals surface area (Å²) in [6, 6.07) is -0.238. The average Bonchev–Trinajstić information content (AvgIpc) is 3.14. The fourth-order valence-electron chi connectivity index (χ4n) is 3.30. The first kappa shape index (κ1) is 14.2. The van der Waals surface area contributed by atoms with Crippen LogP contribution in [-0.4, -0.2) is 24.4 Å². The van der Waals surface area contributed by atoms with Gasteiger partial charge in [0.2, 0.25) is 5.95 Å². The van der Waals surface area contributed by atoms with Gasteiger partial charge in [-0.25, -0.2) is 14.2 Å². The molecule has 8 heteroatoms. The van der Waals surface area contributed by atoms with Crippen molar-refractivity contribution in [3.8, 4) is 0 Å². The molecule has 1 aliphatic carbocycles. The lowest BCUT2D eigenvalue weighted by atomic mass is 9.84. The molecule has 0 amide bonds. The summed E-state index contributed by atoms with van der Waals surface area (Å²) in [7, 11) is 0. The minimum Gasteiger partial charge on any atom is -0.237 e. The van der Waals surface area contributed by atoms with Crippen molar-refractivity contribution < 1.29 is 13.2 Å². The van der Waals surface area contributed by atoms with Crippen LogP contribution in [0.25, 0.3) is 5.65 Å². The van der Waals surface area contributed by atoms with Gasteiger partial charge in [-0.15, -0.1) is 5.10 Å². The fraction of sp³-hybridized carbons (Fsp3) is 0.400. The SMILES string of the molecule is CC1(c2ccn(C(C)(F)F)n2)CCc2cnc3cc(F)nn3c21. The molecule has 3 aromatic heterocycles. The van der Waals surface area contributed by atoms with E-state index in [0.717, 1.165) is 18.2 Å². The third kappa shape index (κ3) is 1.97. The summed E-state index contributed by atoms with van der Waals surface area (Å²) >= 11 is 0. The van der Waals surface area contributed by atoms with Crippen LogP contribution in [-0.2, 0) is 17.9 Å². The number of halogens is 3. The van der Waals surface area contributed by atoms with Gasteiger partial charge >= 0.3 is 6.05 Å². The second-order valence-electron chi connectivity index (χ2n) is 6.19. The molecular weight excluding hydrogens is 307 g/mol. The second kappa shape index (κ2) is 4.33. The van der Waals surface area contributed by atoms with Gasteiger partial charge in [-0.1, -0.05) is 0 Å². The van der Waals surface area contributed by atoms with Gasteiger partial charge in [-0.2, -0.15) is 18.3 Å². The highest BCUT2D eigenvalue weighted by atomic mass is 19.3. The zero-order chi connectivity index (χ0) is 16.4. The van der Waals surface area contributed by atoms with Gasteiger partial charge in [0.05, 0.1) is 16.8 Å². The quantitative estimate of drug-likeness (QED) is 0.729. The van der Waals surface area contributed by atoms with Gasteiger partial charge in [-0.05, 0) is 31.4 Å². The Hall–Kier alpha value is -2.38. The van der Waals surface area contributed by atoms with Crippen molar-refractivity contribution in [3.05, 3.63) is 47.4 Å². The molecule has 0 radical (unpaired) electrons. The van der Waals surface area contributed by atoms with Crippen molar-refractivity contribution in [2.75, 3.05) is 0 Å². The van der Waals surface area contributed by atoms with E-state index in [1.54, 1.807) is 12.3 Å². The van der Waals surface area contributed by atoms with Crippen LogP contribution in [0, 0.1) is 5.95 Å². The van der Waals surface area contributed by atoms with E-state index >= 15 is 0 Å². The summed E-state index contributed by atoms with van der Waals surface area (Å²) in [6.07, 6.45) is 4.35. The first-order valence-corrected chi connectivity index (χ1v) is 7.27. The Balaban J connectivity index is 1.92. The first-order valence-electron chi connectivity index (χ1n) is 7.27. The monoisotopic (exact) mass is 321 g/mol. The van der Waals surface area contributed by atoms with E-state index in [2.05, 4.69) is 15.2 Å². The van der Waals surface area contributed by atoms with Crippen LogP contribution in [0.3, 0.4) is 0 Å². The predicted molar refractivity (Wildman–Crippen MR) is 75.8 cm³/mol. The lowest BCUT2D eigenvalue weighted by Crippen LogP contribution is -2.26. The number of nitrogens with zero attached hydrogens (tertiary/aromatic N) is 5. The van der Waals surface area contributed by atoms with Crippen LogP contribution in [0.4, 0.5) is 13.2 Å². The molecule has 3 heterocycles. The maximum absolute atomic E-state index is 13.5. The Kier molecular flexibility index (Phi) is 2.68. The summed E-state index contributed by atoms with van der Waals surface area (Å²) in [6.45, 7) is 2.71. The highest BCUT2D eigenvalue weighted by Gasteiger charge is 2.42. The molecule has 0 saturated heterocycles. The summed E-state index contributed by atoms with van der Waals surface area (Å²) in [4.78, 5) is 4.19. The Morgan fingerprint density at radius 1 is 1.30 bits per heavy atom. The Bertz CT molecular complexity index is 908. The van der Waals surface area contributed by atoms with Gasteiger partial charge in [0, 0.05) is 25.4 Å². The number of hydrogen-bond acceptors (Lipinski definition) is 3. The van der Waals surface area contributed by atoms with E-state index in [1.807, 2.05) is 6.92 Å². The number of fused-ring (bicyclic) bond motifs is 3. The van der Waals surface area contributed by atoms with Crippen LogP contribution in [0.2, 0.25) is 0 Å². The molecule has 0 spiro atoms. The smallest absolute Gasteiger partial charge is 0.237 e. The molecule has 0 N–H and O–H groups in total. The maximum Gasteiger partial charge on any atom is 0.340 e. The molecular formula is C15H14F3N5. The van der Waals surface area contributed by atoms with Crippen LogP contribution >= 0.6 is 0 Å². The molecule has 1 aliphatic rings. The Morgan fingerprint density at radius 3 is 2.78 bits per heavy atom. The third-order valence-corrected chi connectivity index (χ3v) is 4.50. The van der Waals surface area contributed by atoms with Gasteiger partial charge in [0.15, 0.2) is 5.65 Å². The van der Waals surface area contributed by atoms with E-state index in [1.165, 1.54) is 16.8 Å². The molecule has 0 aliphatic heterocycles.